The second kappa shape index (κ2) is 9.16. The summed E-state index contributed by atoms with van der Waals surface area (Å²) in [6, 6.07) is 3.68. The van der Waals surface area contributed by atoms with Crippen LogP contribution in [-0.2, 0) is 0 Å². The highest BCUT2D eigenvalue weighted by molar-refractivity contribution is 5.95. The van der Waals surface area contributed by atoms with Gasteiger partial charge in [0.1, 0.15) is 0 Å². The van der Waals surface area contributed by atoms with Gasteiger partial charge in [0.2, 0.25) is 0 Å². The fraction of sp³-hybridized carbons (Fsp3) is 0.571. The quantitative estimate of drug-likeness (QED) is 0.930. The van der Waals surface area contributed by atoms with E-state index in [0.29, 0.717) is 12.5 Å². The molecule has 0 radical (unpaired) electrons. The normalized spacial score (nSPS) is 17.9. The third-order valence-corrected chi connectivity index (χ3v) is 3.62. The highest BCUT2D eigenvalue weighted by Crippen LogP contribution is 2.21. The number of hydrogen-bond acceptors (Lipinski definition) is 3. The number of piperidine rings is 1. The molecule has 1 atom stereocenters. The molecule has 0 bridgehead atoms. The van der Waals surface area contributed by atoms with E-state index >= 15 is 0 Å². The van der Waals surface area contributed by atoms with Gasteiger partial charge in [0.05, 0.1) is 5.56 Å². The Kier molecular flexibility index (Phi) is 8.78. The van der Waals surface area contributed by atoms with E-state index in [9.17, 15) is 4.79 Å². The number of carbonyl (C=O) groups is 1. The first-order valence-electron chi connectivity index (χ1n) is 6.63. The van der Waals surface area contributed by atoms with Crippen molar-refractivity contribution < 1.29 is 4.79 Å². The molecule has 2 N–H and O–H groups in total. The molecule has 1 saturated heterocycles. The number of likely N-dealkylation sites (tertiary alicyclic amines) is 1. The van der Waals surface area contributed by atoms with Gasteiger partial charge in [-0.05, 0) is 50.8 Å². The number of hydrogen-bond donors (Lipinski definition) is 1. The van der Waals surface area contributed by atoms with Crippen molar-refractivity contribution in [1.29, 1.82) is 0 Å². The van der Waals surface area contributed by atoms with Crippen molar-refractivity contribution in [3.05, 3.63) is 29.6 Å². The molecule has 1 unspecified atom stereocenters. The molecule has 6 heteroatoms. The molecule has 0 saturated carbocycles. The van der Waals surface area contributed by atoms with Gasteiger partial charge in [-0.15, -0.1) is 24.8 Å². The van der Waals surface area contributed by atoms with Gasteiger partial charge >= 0.3 is 0 Å². The van der Waals surface area contributed by atoms with Crippen LogP contribution in [0.25, 0.3) is 0 Å². The summed E-state index contributed by atoms with van der Waals surface area (Å²) in [5.41, 5.74) is 7.14. The number of nitrogens with two attached hydrogens (primary N) is 1. The highest BCUT2D eigenvalue weighted by atomic mass is 35.5. The van der Waals surface area contributed by atoms with Crippen LogP contribution in [0.3, 0.4) is 0 Å². The van der Waals surface area contributed by atoms with E-state index in [1.54, 1.807) is 6.20 Å². The van der Waals surface area contributed by atoms with Gasteiger partial charge in [-0.3, -0.25) is 9.78 Å². The number of aryl methyl sites for hydroxylation is 1. The largest absolute Gasteiger partial charge is 0.338 e. The number of aromatic nitrogens is 1. The van der Waals surface area contributed by atoms with E-state index in [-0.39, 0.29) is 30.7 Å². The molecule has 1 aromatic heterocycles. The molecule has 0 spiro atoms. The van der Waals surface area contributed by atoms with Crippen molar-refractivity contribution in [3.63, 3.8) is 0 Å². The Bertz CT molecular complexity index is 427. The fourth-order valence-corrected chi connectivity index (χ4v) is 2.60. The second-order valence-electron chi connectivity index (χ2n) is 4.97. The third-order valence-electron chi connectivity index (χ3n) is 3.62. The molecule has 2 heterocycles. The molecule has 1 amide bonds. The average Bonchev–Trinajstić information content (AvgIpc) is 2.39. The summed E-state index contributed by atoms with van der Waals surface area (Å²) in [5, 5.41) is 0. The van der Waals surface area contributed by atoms with E-state index in [1.165, 1.54) is 6.42 Å². The van der Waals surface area contributed by atoms with Crippen molar-refractivity contribution in [2.75, 3.05) is 19.6 Å². The van der Waals surface area contributed by atoms with Crippen molar-refractivity contribution in [2.45, 2.75) is 26.2 Å². The van der Waals surface area contributed by atoms with Crippen molar-refractivity contribution in [3.8, 4) is 0 Å². The molecule has 1 aliphatic rings. The number of amides is 1. The summed E-state index contributed by atoms with van der Waals surface area (Å²) in [6.45, 7) is 4.28. The monoisotopic (exact) mass is 319 g/mol. The molecule has 4 nitrogen and oxygen atoms in total. The minimum Gasteiger partial charge on any atom is -0.338 e. The van der Waals surface area contributed by atoms with Gasteiger partial charge < -0.3 is 10.6 Å². The number of nitrogens with zero attached hydrogens (tertiary/aromatic N) is 2. The van der Waals surface area contributed by atoms with E-state index in [0.717, 1.165) is 37.2 Å². The first-order valence-corrected chi connectivity index (χ1v) is 6.63. The minimum atomic E-state index is 0. The van der Waals surface area contributed by atoms with Crippen molar-refractivity contribution in [2.24, 2.45) is 11.7 Å². The smallest absolute Gasteiger partial charge is 0.255 e. The summed E-state index contributed by atoms with van der Waals surface area (Å²) >= 11 is 0. The van der Waals surface area contributed by atoms with E-state index < -0.39 is 0 Å². The molecule has 0 aliphatic carbocycles. The van der Waals surface area contributed by atoms with Gasteiger partial charge in [-0.1, -0.05) is 0 Å². The van der Waals surface area contributed by atoms with Crippen LogP contribution in [-0.4, -0.2) is 35.4 Å². The predicted molar refractivity (Wildman–Crippen MR) is 85.8 cm³/mol. The van der Waals surface area contributed by atoms with Crippen LogP contribution >= 0.6 is 24.8 Å². The zero-order chi connectivity index (χ0) is 13.0. The molecule has 1 aliphatic heterocycles. The SMILES string of the molecule is Cc1ncccc1C(=O)N1CCCC(CCN)C1.Cl.Cl. The summed E-state index contributed by atoms with van der Waals surface area (Å²) in [6.07, 6.45) is 5.00. The lowest BCUT2D eigenvalue weighted by atomic mass is 9.94. The second-order valence-corrected chi connectivity index (χ2v) is 4.97. The highest BCUT2D eigenvalue weighted by Gasteiger charge is 2.24. The van der Waals surface area contributed by atoms with Gasteiger partial charge in [0.25, 0.3) is 5.91 Å². The van der Waals surface area contributed by atoms with Crippen molar-refractivity contribution in [1.82, 2.24) is 9.88 Å². The van der Waals surface area contributed by atoms with Crippen LogP contribution in [0.2, 0.25) is 0 Å². The number of carbonyl (C=O) groups excluding carboxylic acids is 1. The van der Waals surface area contributed by atoms with Crippen LogP contribution < -0.4 is 5.73 Å². The zero-order valence-electron chi connectivity index (χ0n) is 11.7. The maximum atomic E-state index is 12.4. The van der Waals surface area contributed by atoms with Crippen LogP contribution in [0.15, 0.2) is 18.3 Å². The van der Waals surface area contributed by atoms with Crippen LogP contribution in [0, 0.1) is 12.8 Å². The van der Waals surface area contributed by atoms with Crippen LogP contribution in [0.4, 0.5) is 0 Å². The summed E-state index contributed by atoms with van der Waals surface area (Å²) in [5.74, 6) is 0.673. The number of halogens is 2. The Balaban J connectivity index is 0.00000180. The molecule has 114 valence electrons. The van der Waals surface area contributed by atoms with Crippen LogP contribution in [0.1, 0.15) is 35.3 Å². The minimum absolute atomic E-state index is 0. The summed E-state index contributed by atoms with van der Waals surface area (Å²) in [7, 11) is 0. The Labute approximate surface area is 132 Å². The zero-order valence-corrected chi connectivity index (χ0v) is 13.4. The van der Waals surface area contributed by atoms with Crippen LogP contribution in [0.5, 0.6) is 0 Å². The lowest BCUT2D eigenvalue weighted by molar-refractivity contribution is 0.0668. The predicted octanol–water partition coefficient (Wildman–Crippen LogP) is 2.43. The van der Waals surface area contributed by atoms with Crippen molar-refractivity contribution >= 4 is 30.7 Å². The van der Waals surface area contributed by atoms with E-state index in [2.05, 4.69) is 4.98 Å². The Morgan fingerprint density at radius 2 is 2.25 bits per heavy atom. The summed E-state index contributed by atoms with van der Waals surface area (Å²) < 4.78 is 0. The first-order chi connectivity index (χ1) is 8.72. The molecule has 0 aromatic carbocycles. The van der Waals surface area contributed by atoms with E-state index in [1.807, 2.05) is 24.0 Å². The fourth-order valence-electron chi connectivity index (χ4n) is 2.60. The maximum absolute atomic E-state index is 12.4. The lowest BCUT2D eigenvalue weighted by Gasteiger charge is -2.33. The Morgan fingerprint density at radius 1 is 1.50 bits per heavy atom. The van der Waals surface area contributed by atoms with Gasteiger partial charge in [0, 0.05) is 25.0 Å². The number of pyridine rings is 1. The lowest BCUT2D eigenvalue weighted by Crippen LogP contribution is -2.40. The van der Waals surface area contributed by atoms with E-state index in [4.69, 9.17) is 5.73 Å². The molecule has 20 heavy (non-hydrogen) atoms. The van der Waals surface area contributed by atoms with Gasteiger partial charge in [-0.25, -0.2) is 0 Å². The molecule has 1 fully saturated rings. The number of rotatable bonds is 3. The Hall–Kier alpha value is -0.840. The molecule has 1 aromatic rings. The molecule has 2 rings (SSSR count). The van der Waals surface area contributed by atoms with Gasteiger partial charge in [0.15, 0.2) is 0 Å². The molecular weight excluding hydrogens is 297 g/mol. The Morgan fingerprint density at radius 3 is 2.90 bits per heavy atom. The first kappa shape index (κ1) is 19.2. The van der Waals surface area contributed by atoms with Gasteiger partial charge in [-0.2, -0.15) is 0 Å². The standard InChI is InChI=1S/C14H21N3O.2ClH/c1-11-13(5-2-8-16-11)14(18)17-9-3-4-12(10-17)6-7-15;;/h2,5,8,12H,3-4,6-7,9-10,15H2,1H3;2*1H. The summed E-state index contributed by atoms with van der Waals surface area (Å²) in [4.78, 5) is 18.6. The topological polar surface area (TPSA) is 59.2 Å². The average molecular weight is 320 g/mol. The maximum Gasteiger partial charge on any atom is 0.255 e. The molecular formula is C14H23Cl2N3O. The third kappa shape index (κ3) is 4.62.